The molecule has 0 amide bonds. The molecule has 2 aromatic rings. The predicted octanol–water partition coefficient (Wildman–Crippen LogP) is 2.41. The summed E-state index contributed by atoms with van der Waals surface area (Å²) in [7, 11) is -4.08. The molecule has 0 saturated heterocycles. The molecule has 2 aromatic carbocycles. The molecular formula is C13H10N2O7S. The van der Waals surface area contributed by atoms with Gasteiger partial charge in [-0.25, -0.2) is 0 Å². The van der Waals surface area contributed by atoms with Gasteiger partial charge < -0.3 is 0 Å². The Bertz CT molecular complexity index is 850. The molecule has 0 fully saturated rings. The van der Waals surface area contributed by atoms with Gasteiger partial charge in [-0.05, 0) is 18.2 Å². The normalized spacial score (nSPS) is 11.1. The number of nitro benzene ring substituents is 2. The number of benzene rings is 2. The maximum atomic E-state index is 12.0. The minimum Gasteiger partial charge on any atom is -0.261 e. The molecule has 0 atom stereocenters. The van der Waals surface area contributed by atoms with Gasteiger partial charge in [0.2, 0.25) is 0 Å². The lowest BCUT2D eigenvalue weighted by molar-refractivity contribution is -0.394. The van der Waals surface area contributed by atoms with Crippen molar-refractivity contribution in [3.63, 3.8) is 0 Å². The number of hydrogen-bond acceptors (Lipinski definition) is 7. The molecule has 0 N–H and O–H groups in total. The van der Waals surface area contributed by atoms with Crippen molar-refractivity contribution >= 4 is 21.5 Å². The van der Waals surface area contributed by atoms with E-state index >= 15 is 0 Å². The Morgan fingerprint density at radius 1 is 0.957 bits per heavy atom. The molecule has 0 aliphatic carbocycles. The van der Waals surface area contributed by atoms with Crippen molar-refractivity contribution in [3.05, 3.63) is 74.3 Å². The highest BCUT2D eigenvalue weighted by Gasteiger charge is 2.22. The highest BCUT2D eigenvalue weighted by atomic mass is 32.2. The van der Waals surface area contributed by atoms with Crippen LogP contribution in [-0.4, -0.2) is 18.3 Å². The first kappa shape index (κ1) is 16.5. The summed E-state index contributed by atoms with van der Waals surface area (Å²) in [5.41, 5.74) is -1.13. The van der Waals surface area contributed by atoms with Crippen molar-refractivity contribution < 1.29 is 22.4 Å². The minimum absolute atomic E-state index is 0.0832. The smallest absolute Gasteiger partial charge is 0.261 e. The Labute approximate surface area is 130 Å². The average molecular weight is 338 g/mol. The maximum absolute atomic E-state index is 12.0. The lowest BCUT2D eigenvalue weighted by atomic mass is 10.2. The lowest BCUT2D eigenvalue weighted by Gasteiger charge is -2.06. The number of non-ortho nitro benzene ring substituents is 1. The minimum atomic E-state index is -4.08. The third-order valence-corrected chi connectivity index (χ3v) is 4.16. The molecule has 0 aliphatic rings. The molecule has 0 radical (unpaired) electrons. The molecule has 0 saturated carbocycles. The Morgan fingerprint density at radius 3 is 2.17 bits per heavy atom. The quantitative estimate of drug-likeness (QED) is 0.449. The average Bonchev–Trinajstić information content (AvgIpc) is 2.53. The Kier molecular flexibility index (Phi) is 4.67. The van der Waals surface area contributed by atoms with Crippen LogP contribution in [0.4, 0.5) is 11.4 Å². The summed E-state index contributed by atoms with van der Waals surface area (Å²) in [4.78, 5) is 19.9. The fourth-order valence-electron chi connectivity index (χ4n) is 1.75. The van der Waals surface area contributed by atoms with Crippen LogP contribution < -0.4 is 0 Å². The largest absolute Gasteiger partial charge is 0.297 e. The summed E-state index contributed by atoms with van der Waals surface area (Å²) in [6.07, 6.45) is 0. The highest BCUT2D eigenvalue weighted by molar-refractivity contribution is 7.86. The van der Waals surface area contributed by atoms with E-state index in [0.29, 0.717) is 0 Å². The van der Waals surface area contributed by atoms with Gasteiger partial charge in [-0.15, -0.1) is 0 Å². The summed E-state index contributed by atoms with van der Waals surface area (Å²) < 4.78 is 28.7. The molecule has 120 valence electrons. The fraction of sp³-hybridized carbons (Fsp3) is 0.0769. The highest BCUT2D eigenvalue weighted by Crippen LogP contribution is 2.26. The van der Waals surface area contributed by atoms with Gasteiger partial charge in [0, 0.05) is 6.07 Å². The van der Waals surface area contributed by atoms with Gasteiger partial charge in [0.15, 0.2) is 0 Å². The van der Waals surface area contributed by atoms with E-state index in [4.69, 9.17) is 4.18 Å². The molecule has 10 heteroatoms. The van der Waals surface area contributed by atoms with Crippen molar-refractivity contribution in [1.29, 1.82) is 0 Å². The zero-order chi connectivity index (χ0) is 17.0. The zero-order valence-electron chi connectivity index (χ0n) is 11.5. The van der Waals surface area contributed by atoms with E-state index in [1.807, 2.05) is 0 Å². The summed E-state index contributed by atoms with van der Waals surface area (Å²) >= 11 is 0. The van der Waals surface area contributed by atoms with Gasteiger partial charge in [0.05, 0.1) is 33.0 Å². The number of nitrogens with zero attached hydrogens (tertiary/aromatic N) is 2. The van der Waals surface area contributed by atoms with Crippen LogP contribution in [0.5, 0.6) is 0 Å². The zero-order valence-corrected chi connectivity index (χ0v) is 12.3. The van der Waals surface area contributed by atoms with Crippen LogP contribution in [0.1, 0.15) is 5.56 Å². The number of hydrogen-bond donors (Lipinski definition) is 0. The van der Waals surface area contributed by atoms with Gasteiger partial charge in [-0.2, -0.15) is 8.42 Å². The molecule has 23 heavy (non-hydrogen) atoms. The van der Waals surface area contributed by atoms with Crippen LogP contribution >= 0.6 is 0 Å². The Morgan fingerprint density at radius 2 is 1.61 bits per heavy atom. The van der Waals surface area contributed by atoms with E-state index in [1.54, 1.807) is 6.07 Å². The van der Waals surface area contributed by atoms with Crippen LogP contribution in [0.3, 0.4) is 0 Å². The molecule has 0 unspecified atom stereocenters. The first-order valence-corrected chi connectivity index (χ1v) is 7.58. The molecule has 0 spiro atoms. The molecule has 2 rings (SSSR count). The van der Waals surface area contributed by atoms with Gasteiger partial charge in [0.25, 0.3) is 21.5 Å². The van der Waals surface area contributed by atoms with Crippen molar-refractivity contribution in [2.24, 2.45) is 0 Å². The van der Waals surface area contributed by atoms with E-state index in [1.165, 1.54) is 24.3 Å². The topological polar surface area (TPSA) is 130 Å². The second-order valence-electron chi connectivity index (χ2n) is 4.36. The number of nitro groups is 2. The van der Waals surface area contributed by atoms with E-state index in [9.17, 15) is 28.6 Å². The van der Waals surface area contributed by atoms with Gasteiger partial charge in [-0.3, -0.25) is 24.4 Å². The second-order valence-corrected chi connectivity index (χ2v) is 5.97. The molecular weight excluding hydrogens is 328 g/mol. The fourth-order valence-corrected chi connectivity index (χ4v) is 2.66. The van der Waals surface area contributed by atoms with Gasteiger partial charge in [0.1, 0.15) is 0 Å². The van der Waals surface area contributed by atoms with E-state index < -0.39 is 37.9 Å². The van der Waals surface area contributed by atoms with E-state index in [2.05, 4.69) is 0 Å². The molecule has 0 aromatic heterocycles. The monoisotopic (exact) mass is 338 g/mol. The summed E-state index contributed by atoms with van der Waals surface area (Å²) in [6.45, 7) is -0.606. The molecule has 9 nitrogen and oxygen atoms in total. The number of rotatable bonds is 6. The molecule has 0 bridgehead atoms. The Hall–Kier alpha value is -2.85. The van der Waals surface area contributed by atoms with Crippen LogP contribution in [0.2, 0.25) is 0 Å². The molecule has 0 aliphatic heterocycles. The summed E-state index contributed by atoms with van der Waals surface area (Å²) in [6, 6.07) is 10.2. The summed E-state index contributed by atoms with van der Waals surface area (Å²) in [5.74, 6) is 0. The van der Waals surface area contributed by atoms with E-state index in [0.717, 1.165) is 18.2 Å². The molecule has 0 heterocycles. The second kappa shape index (κ2) is 6.50. The first-order chi connectivity index (χ1) is 10.8. The van der Waals surface area contributed by atoms with Crippen LogP contribution in [0, 0.1) is 20.2 Å². The van der Waals surface area contributed by atoms with Crippen LogP contribution in [0.25, 0.3) is 0 Å². The van der Waals surface area contributed by atoms with Gasteiger partial charge in [-0.1, -0.05) is 18.2 Å². The van der Waals surface area contributed by atoms with Crippen molar-refractivity contribution in [3.8, 4) is 0 Å². The first-order valence-electron chi connectivity index (χ1n) is 6.17. The van der Waals surface area contributed by atoms with Gasteiger partial charge >= 0.3 is 0 Å². The summed E-state index contributed by atoms with van der Waals surface area (Å²) in [5, 5.41) is 21.6. The lowest BCUT2D eigenvalue weighted by Crippen LogP contribution is -2.07. The van der Waals surface area contributed by atoms with Crippen molar-refractivity contribution in [1.82, 2.24) is 0 Å². The van der Waals surface area contributed by atoms with E-state index in [-0.39, 0.29) is 10.5 Å². The third kappa shape index (κ3) is 3.87. The van der Waals surface area contributed by atoms with Crippen LogP contribution in [0.15, 0.2) is 53.4 Å². The SMILES string of the molecule is O=[N+]([O-])c1ccc(COS(=O)(=O)c2ccccc2)c([N+](=O)[O-])c1. The van der Waals surface area contributed by atoms with Crippen molar-refractivity contribution in [2.75, 3.05) is 0 Å². The van der Waals surface area contributed by atoms with Crippen molar-refractivity contribution in [2.45, 2.75) is 11.5 Å². The van der Waals surface area contributed by atoms with Crippen LogP contribution in [-0.2, 0) is 20.9 Å². The third-order valence-electron chi connectivity index (χ3n) is 2.88. The maximum Gasteiger partial charge on any atom is 0.297 e. The standard InChI is InChI=1S/C13H10N2O7S/c16-14(17)11-7-6-10(13(8-11)15(18)19)9-22-23(20,21)12-4-2-1-3-5-12/h1-8H,9H2. The Balaban J connectivity index is 2.27. The predicted molar refractivity (Wildman–Crippen MR) is 78.2 cm³/mol.